The molecular weight excluding hydrogens is 692 g/mol. The first-order valence-corrected chi connectivity index (χ1v) is 26.1. The van der Waals surface area contributed by atoms with Gasteiger partial charge in [0.2, 0.25) is 0 Å². The molecule has 0 amide bonds. The van der Waals surface area contributed by atoms with Crippen LogP contribution in [0.3, 0.4) is 0 Å². The van der Waals surface area contributed by atoms with Crippen molar-refractivity contribution >= 4 is 15.9 Å². The van der Waals surface area contributed by atoms with Crippen molar-refractivity contribution in [2.75, 3.05) is 0 Å². The first-order chi connectivity index (χ1) is 25.6. The molecule has 3 rings (SSSR count). The van der Waals surface area contributed by atoms with Crippen LogP contribution in [0, 0.1) is 41.4 Å². The van der Waals surface area contributed by atoms with E-state index in [9.17, 15) is 0 Å². The normalized spacial score (nSPS) is 30.5. The zero-order chi connectivity index (χ0) is 36.9. The molecule has 3 saturated carbocycles. The fourth-order valence-electron chi connectivity index (χ4n) is 11.6. The Bertz CT molecular complexity index is 729. The Morgan fingerprint density at radius 1 is 0.365 bits per heavy atom. The summed E-state index contributed by atoms with van der Waals surface area (Å²) >= 11 is 4.33. The van der Waals surface area contributed by atoms with E-state index in [1.807, 2.05) is 0 Å². The molecule has 3 aliphatic rings. The van der Waals surface area contributed by atoms with Gasteiger partial charge in [-0.15, -0.1) is 0 Å². The molecule has 0 N–H and O–H groups in total. The van der Waals surface area contributed by atoms with Crippen molar-refractivity contribution in [2.45, 2.75) is 282 Å². The van der Waals surface area contributed by atoms with E-state index in [1.165, 1.54) is 212 Å². The van der Waals surface area contributed by atoms with E-state index in [2.05, 4.69) is 36.7 Å². The van der Waals surface area contributed by atoms with Gasteiger partial charge in [-0.25, -0.2) is 0 Å². The average molecular weight is 790 g/mol. The molecule has 0 aromatic rings. The Labute approximate surface area is 338 Å². The van der Waals surface area contributed by atoms with Crippen molar-refractivity contribution < 1.29 is 0 Å². The van der Waals surface area contributed by atoms with Crippen LogP contribution < -0.4 is 0 Å². The molecule has 52 heavy (non-hydrogen) atoms. The highest BCUT2D eigenvalue weighted by Gasteiger charge is 2.36. The molecule has 0 aromatic carbocycles. The van der Waals surface area contributed by atoms with Gasteiger partial charge in [-0.1, -0.05) is 274 Å². The van der Waals surface area contributed by atoms with Crippen LogP contribution in [0.5, 0.6) is 0 Å². The highest BCUT2D eigenvalue weighted by Crippen LogP contribution is 2.46. The summed E-state index contributed by atoms with van der Waals surface area (Å²) in [6.45, 7) is 7.54. The molecule has 0 spiro atoms. The van der Waals surface area contributed by atoms with Crippen molar-refractivity contribution in [1.29, 1.82) is 0 Å². The molecular formula is C51H97Br. The van der Waals surface area contributed by atoms with Gasteiger partial charge in [-0.05, 0) is 60.7 Å². The van der Waals surface area contributed by atoms with Gasteiger partial charge in [-0.2, -0.15) is 0 Å². The number of alkyl halides is 1. The molecule has 0 saturated heterocycles. The van der Waals surface area contributed by atoms with E-state index in [1.54, 1.807) is 44.9 Å². The second-order valence-corrected chi connectivity index (χ2v) is 21.1. The Morgan fingerprint density at radius 2 is 0.635 bits per heavy atom. The third-order valence-electron chi connectivity index (χ3n) is 15.1. The van der Waals surface area contributed by atoms with Crippen LogP contribution in [0.1, 0.15) is 278 Å². The monoisotopic (exact) mass is 789 g/mol. The maximum Gasteiger partial charge on any atom is 0.0146 e. The lowest BCUT2D eigenvalue weighted by Gasteiger charge is -2.42. The number of halogens is 1. The van der Waals surface area contributed by atoms with Gasteiger partial charge in [0.05, 0.1) is 0 Å². The van der Waals surface area contributed by atoms with Gasteiger partial charge in [0.25, 0.3) is 0 Å². The lowest BCUT2D eigenvalue weighted by atomic mass is 9.64. The molecule has 0 aliphatic heterocycles. The Kier molecular flexibility index (Phi) is 28.4. The first-order valence-electron chi connectivity index (χ1n) is 25.2. The van der Waals surface area contributed by atoms with Crippen LogP contribution in [-0.2, 0) is 0 Å². The lowest BCUT2D eigenvalue weighted by Crippen LogP contribution is -2.33. The third-order valence-corrected chi connectivity index (χ3v) is 16.2. The minimum Gasteiger partial charge on any atom is -0.0891 e. The summed E-state index contributed by atoms with van der Waals surface area (Å²) in [7, 11) is 0. The van der Waals surface area contributed by atoms with Crippen molar-refractivity contribution in [3.63, 3.8) is 0 Å². The molecule has 0 radical (unpaired) electrons. The summed E-state index contributed by atoms with van der Waals surface area (Å²) in [5.74, 6) is 6.76. The molecule has 1 heteroatoms. The summed E-state index contributed by atoms with van der Waals surface area (Å²) in [6.07, 6.45) is 60.1. The zero-order valence-corrected chi connectivity index (χ0v) is 37.9. The van der Waals surface area contributed by atoms with Crippen LogP contribution in [0.2, 0.25) is 0 Å². The van der Waals surface area contributed by atoms with Gasteiger partial charge >= 0.3 is 0 Å². The molecule has 0 aromatic heterocycles. The molecule has 0 bridgehead atoms. The lowest BCUT2D eigenvalue weighted by molar-refractivity contribution is 0.0889. The number of rotatable bonds is 8. The van der Waals surface area contributed by atoms with Gasteiger partial charge in [-0.3, -0.25) is 0 Å². The second-order valence-electron chi connectivity index (χ2n) is 19.8. The minimum atomic E-state index is 0.708. The second kappa shape index (κ2) is 31.6. The molecule has 3 unspecified atom stereocenters. The van der Waals surface area contributed by atoms with Crippen molar-refractivity contribution in [3.8, 4) is 0 Å². The fourth-order valence-corrected chi connectivity index (χ4v) is 12.0. The largest absolute Gasteiger partial charge is 0.0891 e. The molecule has 3 atom stereocenters. The number of hydrogen-bond donors (Lipinski definition) is 0. The van der Waals surface area contributed by atoms with Crippen LogP contribution in [-0.4, -0.2) is 4.83 Å². The van der Waals surface area contributed by atoms with Crippen LogP contribution in [0.25, 0.3) is 0 Å². The smallest absolute Gasteiger partial charge is 0.0146 e. The van der Waals surface area contributed by atoms with Crippen molar-refractivity contribution in [3.05, 3.63) is 0 Å². The van der Waals surface area contributed by atoms with E-state index in [4.69, 9.17) is 0 Å². The average Bonchev–Trinajstić information content (AvgIpc) is 3.14. The summed E-state index contributed by atoms with van der Waals surface area (Å²) < 4.78 is 0. The summed E-state index contributed by atoms with van der Waals surface area (Å²) in [6, 6.07) is 0. The van der Waals surface area contributed by atoms with Gasteiger partial charge in [0.1, 0.15) is 0 Å². The Balaban J connectivity index is 1.89. The van der Waals surface area contributed by atoms with Crippen LogP contribution >= 0.6 is 15.9 Å². The number of hydrogen-bond acceptors (Lipinski definition) is 0. The molecule has 3 aliphatic carbocycles. The highest BCUT2D eigenvalue weighted by molar-refractivity contribution is 9.09. The summed E-state index contributed by atoms with van der Waals surface area (Å²) in [4.78, 5) is 0.708. The van der Waals surface area contributed by atoms with E-state index in [-0.39, 0.29) is 0 Å². The summed E-state index contributed by atoms with van der Waals surface area (Å²) in [5.41, 5.74) is 0. The van der Waals surface area contributed by atoms with E-state index >= 15 is 0 Å². The fraction of sp³-hybridized carbons (Fsp3) is 1.00. The van der Waals surface area contributed by atoms with Crippen molar-refractivity contribution in [1.82, 2.24) is 0 Å². The molecule has 0 nitrogen and oxygen atoms in total. The van der Waals surface area contributed by atoms with E-state index in [0.29, 0.717) is 4.83 Å². The SMILES string of the molecule is CCC(Br)CC(C1CCCCCCCCCCCCC1)C(CC1CCCCCCC(C)CCCCCC1)C1CCCCCCC(C)CCCCCC1. The van der Waals surface area contributed by atoms with Gasteiger partial charge < -0.3 is 0 Å². The maximum atomic E-state index is 4.33. The standard InChI is InChI=1S/C51H97Br/c1-4-49(52)43-51(48-40-28-12-10-8-6-5-7-9-11-13-29-41-48)50(47-38-30-20-16-24-34-45(3)35-25-17-21-31-39-47)42-46-36-26-18-14-22-32-44(2)33-23-15-19-27-37-46/h44-51H,4-43H2,1-3H3. The van der Waals surface area contributed by atoms with Crippen LogP contribution in [0.15, 0.2) is 0 Å². The van der Waals surface area contributed by atoms with E-state index in [0.717, 1.165) is 41.4 Å². The molecule has 0 heterocycles. The first kappa shape index (κ1) is 46.9. The topological polar surface area (TPSA) is 0 Å². The quantitative estimate of drug-likeness (QED) is 0.215. The third kappa shape index (κ3) is 22.3. The molecule has 3 fully saturated rings. The zero-order valence-electron chi connectivity index (χ0n) is 36.3. The van der Waals surface area contributed by atoms with Crippen molar-refractivity contribution in [2.24, 2.45) is 41.4 Å². The van der Waals surface area contributed by atoms with Crippen LogP contribution in [0.4, 0.5) is 0 Å². The highest BCUT2D eigenvalue weighted by atomic mass is 79.9. The maximum absolute atomic E-state index is 4.33. The van der Waals surface area contributed by atoms with Gasteiger partial charge in [0.15, 0.2) is 0 Å². The predicted octanol–water partition coefficient (Wildman–Crippen LogP) is 18.8. The minimum absolute atomic E-state index is 0.708. The predicted molar refractivity (Wildman–Crippen MR) is 239 cm³/mol. The van der Waals surface area contributed by atoms with Gasteiger partial charge in [0, 0.05) is 4.83 Å². The Hall–Kier alpha value is 0.480. The Morgan fingerprint density at radius 3 is 0.962 bits per heavy atom. The molecule has 308 valence electrons. The van der Waals surface area contributed by atoms with E-state index < -0.39 is 0 Å². The summed E-state index contributed by atoms with van der Waals surface area (Å²) in [5, 5.41) is 0.